The van der Waals surface area contributed by atoms with E-state index in [2.05, 4.69) is 5.32 Å². The van der Waals surface area contributed by atoms with Crippen molar-refractivity contribution in [3.8, 4) is 5.75 Å². The third-order valence-corrected chi connectivity index (χ3v) is 2.96. The third-order valence-electron chi connectivity index (χ3n) is 2.96. The Morgan fingerprint density at radius 3 is 2.79 bits per heavy atom. The highest BCUT2D eigenvalue weighted by Crippen LogP contribution is 2.20. The quantitative estimate of drug-likeness (QED) is 0.768. The molecule has 76 valence electrons. The highest BCUT2D eigenvalue weighted by atomic mass is 16.3. The molecular formula is C12H17NO. The zero-order chi connectivity index (χ0) is 9.97. The van der Waals surface area contributed by atoms with Gasteiger partial charge in [0.15, 0.2) is 0 Å². The van der Waals surface area contributed by atoms with Gasteiger partial charge in [-0.1, -0.05) is 18.6 Å². The largest absolute Gasteiger partial charge is 0.508 e. The maximum absolute atomic E-state index is 9.36. The molecule has 0 spiro atoms. The lowest BCUT2D eigenvalue weighted by Gasteiger charge is -2.26. The van der Waals surface area contributed by atoms with Gasteiger partial charge in [0.05, 0.1) is 0 Å². The zero-order valence-corrected chi connectivity index (χ0v) is 8.59. The van der Waals surface area contributed by atoms with Crippen LogP contribution in [0.4, 0.5) is 0 Å². The number of phenolic OH excluding ortho intramolecular Hbond substituents is 1. The third kappa shape index (κ3) is 2.07. The van der Waals surface area contributed by atoms with Crippen LogP contribution in [-0.4, -0.2) is 11.1 Å². The second-order valence-corrected chi connectivity index (χ2v) is 4.13. The van der Waals surface area contributed by atoms with Crippen molar-refractivity contribution in [3.63, 3.8) is 0 Å². The summed E-state index contributed by atoms with van der Waals surface area (Å²) in [5, 5.41) is 12.9. The number of nitrogens with one attached hydrogen (secondary N) is 1. The van der Waals surface area contributed by atoms with Crippen molar-refractivity contribution in [2.24, 2.45) is 0 Å². The maximum atomic E-state index is 9.36. The molecular weight excluding hydrogens is 174 g/mol. The second kappa shape index (κ2) is 4.01. The number of hydrogen-bond acceptors (Lipinski definition) is 2. The van der Waals surface area contributed by atoms with Gasteiger partial charge in [-0.15, -0.1) is 0 Å². The Kier molecular flexibility index (Phi) is 2.73. The number of aryl methyl sites for hydroxylation is 1. The number of aromatic hydroxyl groups is 1. The van der Waals surface area contributed by atoms with Gasteiger partial charge in [-0.3, -0.25) is 0 Å². The van der Waals surface area contributed by atoms with Crippen LogP contribution in [0.5, 0.6) is 5.75 Å². The summed E-state index contributed by atoms with van der Waals surface area (Å²) in [7, 11) is 0. The standard InChI is InChI=1S/C12H17NO/c1-9-7-10(5-6-12(9)14)8-13-11-3-2-4-11/h5-7,11,13-14H,2-4,8H2,1H3. The van der Waals surface area contributed by atoms with Gasteiger partial charge in [-0.05, 0) is 37.0 Å². The van der Waals surface area contributed by atoms with E-state index in [0.29, 0.717) is 5.75 Å². The first kappa shape index (κ1) is 9.53. The molecule has 1 aromatic rings. The van der Waals surface area contributed by atoms with Crippen LogP contribution >= 0.6 is 0 Å². The van der Waals surface area contributed by atoms with Crippen molar-refractivity contribution in [2.75, 3.05) is 0 Å². The highest BCUT2D eigenvalue weighted by Gasteiger charge is 2.15. The first-order valence-electron chi connectivity index (χ1n) is 5.27. The highest BCUT2D eigenvalue weighted by molar-refractivity contribution is 5.34. The molecule has 2 N–H and O–H groups in total. The van der Waals surface area contributed by atoms with Crippen LogP contribution in [0.15, 0.2) is 18.2 Å². The van der Waals surface area contributed by atoms with E-state index >= 15 is 0 Å². The first-order valence-corrected chi connectivity index (χ1v) is 5.27. The van der Waals surface area contributed by atoms with Crippen molar-refractivity contribution in [1.82, 2.24) is 5.32 Å². The van der Waals surface area contributed by atoms with Crippen LogP contribution in [0.25, 0.3) is 0 Å². The summed E-state index contributed by atoms with van der Waals surface area (Å²) in [6.45, 7) is 2.86. The average Bonchev–Trinajstić information content (AvgIpc) is 2.08. The normalized spacial score (nSPS) is 16.6. The summed E-state index contributed by atoms with van der Waals surface area (Å²) < 4.78 is 0. The molecule has 2 rings (SSSR count). The maximum Gasteiger partial charge on any atom is 0.118 e. The Morgan fingerprint density at radius 2 is 2.21 bits per heavy atom. The fraction of sp³-hybridized carbons (Fsp3) is 0.500. The molecule has 0 atom stereocenters. The molecule has 1 aliphatic rings. The topological polar surface area (TPSA) is 32.3 Å². The van der Waals surface area contributed by atoms with Crippen molar-refractivity contribution >= 4 is 0 Å². The molecule has 0 radical (unpaired) electrons. The molecule has 14 heavy (non-hydrogen) atoms. The van der Waals surface area contributed by atoms with Gasteiger partial charge in [0, 0.05) is 12.6 Å². The number of rotatable bonds is 3. The summed E-state index contributed by atoms with van der Waals surface area (Å²) in [5.74, 6) is 0.386. The molecule has 0 bridgehead atoms. The Morgan fingerprint density at radius 1 is 1.43 bits per heavy atom. The van der Waals surface area contributed by atoms with E-state index < -0.39 is 0 Å². The molecule has 0 unspecified atom stereocenters. The minimum absolute atomic E-state index is 0.386. The summed E-state index contributed by atoms with van der Waals surface area (Å²) in [5.41, 5.74) is 2.21. The van der Waals surface area contributed by atoms with Crippen molar-refractivity contribution in [2.45, 2.75) is 38.8 Å². The van der Waals surface area contributed by atoms with Crippen molar-refractivity contribution < 1.29 is 5.11 Å². The molecule has 1 aliphatic carbocycles. The molecule has 2 heteroatoms. The molecule has 1 aromatic carbocycles. The van der Waals surface area contributed by atoms with E-state index in [1.165, 1.54) is 24.8 Å². The minimum atomic E-state index is 0.386. The molecule has 1 fully saturated rings. The zero-order valence-electron chi connectivity index (χ0n) is 8.59. The molecule has 0 heterocycles. The van der Waals surface area contributed by atoms with Crippen molar-refractivity contribution in [1.29, 1.82) is 0 Å². The van der Waals surface area contributed by atoms with E-state index in [4.69, 9.17) is 0 Å². The number of phenols is 1. The number of benzene rings is 1. The van der Waals surface area contributed by atoms with E-state index in [-0.39, 0.29) is 0 Å². The number of hydrogen-bond donors (Lipinski definition) is 2. The summed E-state index contributed by atoms with van der Waals surface area (Å²) in [6, 6.07) is 6.52. The Bertz CT molecular complexity index is 318. The van der Waals surface area contributed by atoms with E-state index in [9.17, 15) is 5.11 Å². The molecule has 0 aromatic heterocycles. The summed E-state index contributed by atoms with van der Waals surface area (Å²) >= 11 is 0. The fourth-order valence-corrected chi connectivity index (χ4v) is 1.70. The van der Waals surface area contributed by atoms with Crippen LogP contribution in [0.1, 0.15) is 30.4 Å². The first-order chi connectivity index (χ1) is 6.75. The minimum Gasteiger partial charge on any atom is -0.508 e. The van der Waals surface area contributed by atoms with Crippen molar-refractivity contribution in [3.05, 3.63) is 29.3 Å². The Labute approximate surface area is 85.0 Å². The van der Waals surface area contributed by atoms with Gasteiger partial charge in [0.25, 0.3) is 0 Å². The van der Waals surface area contributed by atoms with Gasteiger partial charge in [0.1, 0.15) is 5.75 Å². The van der Waals surface area contributed by atoms with Gasteiger partial charge in [-0.2, -0.15) is 0 Å². The molecule has 0 aliphatic heterocycles. The van der Waals surface area contributed by atoms with Crippen LogP contribution in [0, 0.1) is 6.92 Å². The Hall–Kier alpha value is -1.02. The van der Waals surface area contributed by atoms with E-state index in [1.54, 1.807) is 6.07 Å². The predicted molar refractivity (Wildman–Crippen MR) is 57.3 cm³/mol. The van der Waals surface area contributed by atoms with E-state index in [0.717, 1.165) is 18.2 Å². The summed E-state index contributed by atoms with van der Waals surface area (Å²) in [4.78, 5) is 0. The van der Waals surface area contributed by atoms with Crippen LogP contribution < -0.4 is 5.32 Å². The average molecular weight is 191 g/mol. The molecule has 0 amide bonds. The van der Waals surface area contributed by atoms with Gasteiger partial charge >= 0.3 is 0 Å². The van der Waals surface area contributed by atoms with Gasteiger partial charge < -0.3 is 10.4 Å². The fourth-order valence-electron chi connectivity index (χ4n) is 1.70. The molecule has 0 saturated heterocycles. The van der Waals surface area contributed by atoms with Gasteiger partial charge in [0.2, 0.25) is 0 Å². The smallest absolute Gasteiger partial charge is 0.118 e. The lowest BCUT2D eigenvalue weighted by Crippen LogP contribution is -2.34. The SMILES string of the molecule is Cc1cc(CNC2CCC2)ccc1O. The monoisotopic (exact) mass is 191 g/mol. The second-order valence-electron chi connectivity index (χ2n) is 4.13. The van der Waals surface area contributed by atoms with Gasteiger partial charge in [-0.25, -0.2) is 0 Å². The summed E-state index contributed by atoms with van der Waals surface area (Å²) in [6.07, 6.45) is 4.00. The predicted octanol–water partition coefficient (Wildman–Crippen LogP) is 2.34. The van der Waals surface area contributed by atoms with Crippen LogP contribution in [0.3, 0.4) is 0 Å². The molecule has 2 nitrogen and oxygen atoms in total. The van der Waals surface area contributed by atoms with E-state index in [1.807, 2.05) is 19.1 Å². The molecule has 1 saturated carbocycles. The lowest BCUT2D eigenvalue weighted by atomic mass is 9.93. The Balaban J connectivity index is 1.91. The van der Waals surface area contributed by atoms with Crippen LogP contribution in [-0.2, 0) is 6.54 Å². The van der Waals surface area contributed by atoms with Crippen LogP contribution in [0.2, 0.25) is 0 Å². The lowest BCUT2D eigenvalue weighted by molar-refractivity contribution is 0.338.